The summed E-state index contributed by atoms with van der Waals surface area (Å²) < 4.78 is 1.90. The highest BCUT2D eigenvalue weighted by molar-refractivity contribution is 7.51. The fraction of sp³-hybridized carbons (Fsp3) is 0.409. The Hall–Kier alpha value is -2.50. The van der Waals surface area contributed by atoms with Crippen LogP contribution in [0, 0.1) is 6.92 Å². The molecule has 0 aromatic carbocycles. The van der Waals surface area contributed by atoms with Gasteiger partial charge in [0.1, 0.15) is 0 Å². The molecule has 7 nitrogen and oxygen atoms in total. The van der Waals surface area contributed by atoms with E-state index >= 15 is 0 Å². The molecule has 3 atom stereocenters. The van der Waals surface area contributed by atoms with E-state index < -0.39 is 0 Å². The summed E-state index contributed by atoms with van der Waals surface area (Å²) in [5.74, 6) is 0.0952. The van der Waals surface area contributed by atoms with E-state index in [1.54, 1.807) is 6.08 Å². The Morgan fingerprint density at radius 2 is 2.23 bits per heavy atom. The maximum absolute atomic E-state index is 13.0. The van der Waals surface area contributed by atoms with Gasteiger partial charge >= 0.3 is 0 Å². The molecule has 0 spiro atoms. The van der Waals surface area contributed by atoms with Gasteiger partial charge in [-0.25, -0.2) is 4.52 Å². The molecule has 5 rings (SSSR count). The van der Waals surface area contributed by atoms with E-state index in [9.17, 15) is 4.79 Å². The minimum atomic E-state index is 0.0286. The highest BCUT2D eigenvalue weighted by Gasteiger charge is 2.31. The van der Waals surface area contributed by atoms with Crippen LogP contribution in [0.5, 0.6) is 0 Å². The number of fused-ring (bicyclic) bond motifs is 2. The largest absolute Gasteiger partial charge is 0.368 e. The molecular weight excluding hydrogens is 395 g/mol. The number of amides is 1. The van der Waals surface area contributed by atoms with Gasteiger partial charge in [-0.05, 0) is 32.4 Å². The molecule has 1 N–H and O–H groups in total. The van der Waals surface area contributed by atoms with E-state index in [1.165, 1.54) is 0 Å². The van der Waals surface area contributed by atoms with Crippen LogP contribution in [-0.4, -0.2) is 61.8 Å². The zero-order valence-electron chi connectivity index (χ0n) is 17.6. The molecule has 30 heavy (non-hydrogen) atoms. The molecule has 8 heteroatoms. The van der Waals surface area contributed by atoms with Crippen LogP contribution in [0.25, 0.3) is 10.8 Å². The smallest absolute Gasteiger partial charge is 0.252 e. The third kappa shape index (κ3) is 3.46. The van der Waals surface area contributed by atoms with Gasteiger partial charge < -0.3 is 15.1 Å². The number of carbonyl (C=O) groups excluding carboxylic acids is 1. The van der Waals surface area contributed by atoms with Gasteiger partial charge in [0, 0.05) is 43.3 Å². The van der Waals surface area contributed by atoms with Gasteiger partial charge in [-0.15, -0.1) is 0 Å². The summed E-state index contributed by atoms with van der Waals surface area (Å²) in [4.78, 5) is 21.9. The molecule has 0 bridgehead atoms. The number of hydrogen-bond acceptors (Lipinski definition) is 5. The maximum atomic E-state index is 13.0. The average molecular weight is 422 g/mol. The van der Waals surface area contributed by atoms with Gasteiger partial charge in [0.05, 0.1) is 40.3 Å². The first kappa shape index (κ1) is 19.5. The Balaban J connectivity index is 1.43. The Morgan fingerprint density at radius 3 is 3.03 bits per heavy atom. The predicted octanol–water partition coefficient (Wildman–Crippen LogP) is 2.49. The number of piperazine rings is 1. The second kappa shape index (κ2) is 7.64. The van der Waals surface area contributed by atoms with Gasteiger partial charge in [0.25, 0.3) is 5.91 Å². The molecule has 1 saturated heterocycles. The lowest BCUT2D eigenvalue weighted by molar-refractivity contribution is -0.123. The van der Waals surface area contributed by atoms with Crippen molar-refractivity contribution in [2.24, 2.45) is 0 Å². The lowest BCUT2D eigenvalue weighted by Gasteiger charge is -2.39. The van der Waals surface area contributed by atoms with Crippen molar-refractivity contribution in [2.75, 3.05) is 19.6 Å². The lowest BCUT2D eigenvalue weighted by Crippen LogP contribution is -2.49. The van der Waals surface area contributed by atoms with E-state index in [4.69, 9.17) is 5.10 Å². The Bertz CT molecular complexity index is 1100. The Morgan fingerprint density at radius 1 is 1.37 bits per heavy atom. The van der Waals surface area contributed by atoms with Crippen molar-refractivity contribution in [3.8, 4) is 0 Å². The Kier molecular flexibility index (Phi) is 4.95. The van der Waals surface area contributed by atoms with Crippen LogP contribution in [0.1, 0.15) is 30.9 Å². The van der Waals surface area contributed by atoms with Crippen molar-refractivity contribution < 1.29 is 4.79 Å². The van der Waals surface area contributed by atoms with Crippen LogP contribution in [0.3, 0.4) is 0 Å². The van der Waals surface area contributed by atoms with Crippen molar-refractivity contribution in [3.05, 3.63) is 59.5 Å². The minimum Gasteiger partial charge on any atom is -0.368 e. The normalized spacial score (nSPS) is 25.0. The number of rotatable bonds is 3. The first-order valence-electron chi connectivity index (χ1n) is 10.6. The van der Waals surface area contributed by atoms with Crippen LogP contribution in [0.2, 0.25) is 0 Å². The van der Waals surface area contributed by atoms with Gasteiger partial charge in [-0.2, -0.15) is 5.10 Å². The van der Waals surface area contributed by atoms with E-state index in [2.05, 4.69) is 47.3 Å². The van der Waals surface area contributed by atoms with Gasteiger partial charge in [0.15, 0.2) is 0 Å². The molecule has 5 heterocycles. The van der Waals surface area contributed by atoms with Gasteiger partial charge in [-0.3, -0.25) is 9.78 Å². The molecule has 1 amide bonds. The summed E-state index contributed by atoms with van der Waals surface area (Å²) in [6, 6.07) is 2.53. The van der Waals surface area contributed by atoms with E-state index in [0.29, 0.717) is 14.6 Å². The Labute approximate surface area is 178 Å². The highest BCUT2D eigenvalue weighted by Crippen LogP contribution is 2.44. The first-order valence-corrected chi connectivity index (χ1v) is 11.6. The van der Waals surface area contributed by atoms with Crippen molar-refractivity contribution in [1.82, 2.24) is 29.7 Å². The van der Waals surface area contributed by atoms with Crippen LogP contribution < -0.4 is 5.32 Å². The summed E-state index contributed by atoms with van der Waals surface area (Å²) in [5.41, 5.74) is 5.01. The minimum absolute atomic E-state index is 0.0286. The van der Waals surface area contributed by atoms with Crippen molar-refractivity contribution in [3.63, 3.8) is 0 Å². The fourth-order valence-electron chi connectivity index (χ4n) is 4.34. The monoisotopic (exact) mass is 422 g/mol. The SMILES string of the molecule is CCc1nc(C)cn2nc(C3=CC(=O)N4C=C(N5CCNC(C)C5)C=CC4P3)cc12. The first-order chi connectivity index (χ1) is 14.5. The second-order valence-electron chi connectivity index (χ2n) is 8.15. The molecule has 156 valence electrons. The number of aromatic nitrogens is 3. The molecule has 0 saturated carbocycles. The third-order valence-corrected chi connectivity index (χ3v) is 7.32. The number of aryl methyl sites for hydroxylation is 2. The molecule has 3 aliphatic heterocycles. The third-order valence-electron chi connectivity index (χ3n) is 5.84. The van der Waals surface area contributed by atoms with E-state index in [1.807, 2.05) is 28.7 Å². The summed E-state index contributed by atoms with van der Waals surface area (Å²) in [7, 11) is 0.467. The molecule has 2 aromatic rings. The van der Waals surface area contributed by atoms with E-state index in [0.717, 1.165) is 59.7 Å². The van der Waals surface area contributed by atoms with Gasteiger partial charge in [-0.1, -0.05) is 21.6 Å². The van der Waals surface area contributed by atoms with Gasteiger partial charge in [0.2, 0.25) is 0 Å². The van der Waals surface area contributed by atoms with Crippen LogP contribution >= 0.6 is 8.58 Å². The average Bonchev–Trinajstić information content (AvgIpc) is 3.17. The number of hydrogen-bond donors (Lipinski definition) is 1. The molecule has 0 aliphatic carbocycles. The number of carbonyl (C=O) groups is 1. The molecule has 0 radical (unpaired) electrons. The topological polar surface area (TPSA) is 65.8 Å². The quantitative estimate of drug-likeness (QED) is 0.770. The zero-order valence-corrected chi connectivity index (χ0v) is 18.6. The summed E-state index contributed by atoms with van der Waals surface area (Å²) in [6.45, 7) is 9.18. The fourth-order valence-corrected chi connectivity index (χ4v) is 5.67. The molecule has 1 fully saturated rings. The predicted molar refractivity (Wildman–Crippen MR) is 120 cm³/mol. The summed E-state index contributed by atoms with van der Waals surface area (Å²) in [5, 5.41) is 9.25. The molecule has 3 aliphatic rings. The molecule has 2 aromatic heterocycles. The number of nitrogens with one attached hydrogen (secondary N) is 1. The van der Waals surface area contributed by atoms with Crippen molar-refractivity contribution in [2.45, 2.75) is 39.0 Å². The number of allylic oxidation sites excluding steroid dienone is 1. The summed E-state index contributed by atoms with van der Waals surface area (Å²) >= 11 is 0. The second-order valence-corrected chi connectivity index (χ2v) is 9.57. The lowest BCUT2D eigenvalue weighted by atomic mass is 10.2. The van der Waals surface area contributed by atoms with Crippen LogP contribution in [0.4, 0.5) is 0 Å². The highest BCUT2D eigenvalue weighted by atomic mass is 31.1. The molecule has 3 unspecified atom stereocenters. The maximum Gasteiger partial charge on any atom is 0.252 e. The zero-order chi connectivity index (χ0) is 20.8. The van der Waals surface area contributed by atoms with Crippen molar-refractivity contribution >= 4 is 25.3 Å². The van der Waals surface area contributed by atoms with Crippen molar-refractivity contribution in [1.29, 1.82) is 0 Å². The number of nitrogens with zero attached hydrogens (tertiary/aromatic N) is 5. The standard InChI is InChI=1S/C22H27N6OP/c1-4-17-19-9-18(25-28(19)12-15(3)24-17)20-10-21(29)27-13-16(5-6-22(27)30-20)26-8-7-23-14(2)11-26/h5-6,9-10,12-14,22-23,30H,4,7-8,11H2,1-3H3. The molecular formula is C22H27N6OP. The van der Waals surface area contributed by atoms with Crippen LogP contribution in [0.15, 0.2) is 42.4 Å². The summed E-state index contributed by atoms with van der Waals surface area (Å²) in [6.07, 6.45) is 10.9. The van der Waals surface area contributed by atoms with E-state index in [-0.39, 0.29) is 11.7 Å². The van der Waals surface area contributed by atoms with Crippen LogP contribution in [-0.2, 0) is 11.2 Å².